The highest BCUT2D eigenvalue weighted by molar-refractivity contribution is 5.75. The molecule has 0 aromatic rings. The summed E-state index contributed by atoms with van der Waals surface area (Å²) in [6.07, 6.45) is 14.1. The number of ether oxygens (including phenoxy) is 1. The number of hydrogen-bond acceptors (Lipinski definition) is 5. The van der Waals surface area contributed by atoms with E-state index in [4.69, 9.17) is 21.6 Å². The summed E-state index contributed by atoms with van der Waals surface area (Å²) < 4.78 is 6.16. The number of guanidine groups is 1. The van der Waals surface area contributed by atoms with Crippen LogP contribution in [0.2, 0.25) is 0 Å². The average molecular weight is 411 g/mol. The molecule has 7 heteroatoms. The summed E-state index contributed by atoms with van der Waals surface area (Å²) in [5, 5.41) is 17.5. The summed E-state index contributed by atoms with van der Waals surface area (Å²) in [4.78, 5) is 4.20. The van der Waals surface area contributed by atoms with E-state index in [9.17, 15) is 5.26 Å². The Morgan fingerprint density at radius 2 is 2.13 bits per heavy atom. The maximum absolute atomic E-state index is 9.87. The van der Waals surface area contributed by atoms with Gasteiger partial charge < -0.3 is 26.0 Å². The first-order valence-electron chi connectivity index (χ1n) is 10.8. The Hall–Kier alpha value is -2.72. The van der Waals surface area contributed by atoms with Crippen LogP contribution in [-0.2, 0) is 4.74 Å². The quantitative estimate of drug-likeness (QED) is 0.352. The molecule has 1 atom stereocenters. The first kappa shape index (κ1) is 22.0. The van der Waals surface area contributed by atoms with Crippen LogP contribution in [0.1, 0.15) is 39.0 Å². The summed E-state index contributed by atoms with van der Waals surface area (Å²) in [7, 11) is 0. The van der Waals surface area contributed by atoms with Gasteiger partial charge in [-0.2, -0.15) is 5.26 Å². The Bertz CT molecular complexity index is 795. The van der Waals surface area contributed by atoms with Crippen molar-refractivity contribution in [2.45, 2.75) is 45.1 Å². The topological polar surface area (TPSA) is 115 Å². The third-order valence-electron chi connectivity index (χ3n) is 6.59. The van der Waals surface area contributed by atoms with Crippen molar-refractivity contribution in [3.8, 4) is 6.07 Å². The van der Waals surface area contributed by atoms with Crippen molar-refractivity contribution in [2.24, 2.45) is 16.9 Å². The highest BCUT2D eigenvalue weighted by atomic mass is 16.5. The fourth-order valence-corrected chi connectivity index (χ4v) is 4.59. The van der Waals surface area contributed by atoms with E-state index < -0.39 is 0 Å². The van der Waals surface area contributed by atoms with Crippen molar-refractivity contribution < 1.29 is 4.74 Å². The Morgan fingerprint density at radius 1 is 1.37 bits per heavy atom. The molecule has 0 saturated carbocycles. The fraction of sp³-hybridized carbons (Fsp3) is 0.565. The molecule has 162 valence electrons. The SMILES string of the molecule is C/C=C(\C=C/N)N1CCC(C#N)(CCOC2C=CC3=C(C2)CN(C(=N)N)CC3)CC1. The lowest BCUT2D eigenvalue weighted by Crippen LogP contribution is -2.42. The van der Waals surface area contributed by atoms with E-state index in [1.165, 1.54) is 11.1 Å². The van der Waals surface area contributed by atoms with Crippen molar-refractivity contribution in [1.29, 1.82) is 10.7 Å². The van der Waals surface area contributed by atoms with Crippen molar-refractivity contribution in [3.05, 3.63) is 47.3 Å². The standard InChI is InChI=1S/C23H34N6O/c1-2-20(5-10-24)28-12-7-23(17-25,8-13-28)9-14-30-21-4-3-18-6-11-29(22(26)27)16-19(18)15-21/h2-5,10,21H,6-9,11-16,24H2,1H3,(H3,26,27)/b10-5-,20-2+. The molecule has 3 rings (SSSR count). The highest BCUT2D eigenvalue weighted by Gasteiger charge is 2.35. The lowest BCUT2D eigenvalue weighted by Gasteiger charge is -2.39. The van der Waals surface area contributed by atoms with Gasteiger partial charge in [0, 0.05) is 44.9 Å². The van der Waals surface area contributed by atoms with Crippen LogP contribution in [0.25, 0.3) is 0 Å². The largest absolute Gasteiger partial charge is 0.405 e. The second kappa shape index (κ2) is 9.86. The van der Waals surface area contributed by atoms with E-state index in [-0.39, 0.29) is 17.5 Å². The number of nitriles is 1. The molecule has 1 unspecified atom stereocenters. The van der Waals surface area contributed by atoms with Gasteiger partial charge in [-0.25, -0.2) is 0 Å². The molecular weight excluding hydrogens is 376 g/mol. The minimum absolute atomic E-state index is 0.0378. The van der Waals surface area contributed by atoms with E-state index in [0.29, 0.717) is 6.61 Å². The van der Waals surface area contributed by atoms with Gasteiger partial charge in [0.15, 0.2) is 5.96 Å². The van der Waals surface area contributed by atoms with Crippen molar-refractivity contribution in [3.63, 3.8) is 0 Å². The van der Waals surface area contributed by atoms with Gasteiger partial charge in [0.2, 0.25) is 0 Å². The molecule has 5 N–H and O–H groups in total. The van der Waals surface area contributed by atoms with Crippen LogP contribution >= 0.6 is 0 Å². The molecule has 7 nitrogen and oxygen atoms in total. The lowest BCUT2D eigenvalue weighted by atomic mass is 9.77. The number of rotatable bonds is 6. The molecule has 0 radical (unpaired) electrons. The first-order chi connectivity index (χ1) is 14.5. The Morgan fingerprint density at radius 3 is 2.77 bits per heavy atom. The molecule has 3 aliphatic rings. The predicted octanol–water partition coefficient (Wildman–Crippen LogP) is 2.60. The van der Waals surface area contributed by atoms with Gasteiger partial charge in [0.1, 0.15) is 0 Å². The van der Waals surface area contributed by atoms with Crippen molar-refractivity contribution in [1.82, 2.24) is 9.80 Å². The molecule has 0 amide bonds. The smallest absolute Gasteiger partial charge is 0.188 e. The zero-order chi connectivity index (χ0) is 21.6. The Balaban J connectivity index is 1.48. The number of allylic oxidation sites excluding steroid dienone is 3. The summed E-state index contributed by atoms with van der Waals surface area (Å²) in [5.41, 5.74) is 14.7. The second-order valence-electron chi connectivity index (χ2n) is 8.36. The predicted molar refractivity (Wildman–Crippen MR) is 119 cm³/mol. The van der Waals surface area contributed by atoms with Crippen LogP contribution in [0, 0.1) is 22.2 Å². The first-order valence-corrected chi connectivity index (χ1v) is 10.8. The van der Waals surface area contributed by atoms with E-state index in [1.54, 1.807) is 6.20 Å². The van der Waals surface area contributed by atoms with Crippen LogP contribution in [0.3, 0.4) is 0 Å². The third kappa shape index (κ3) is 5.06. The molecule has 0 aromatic heterocycles. The number of piperidine rings is 1. The van der Waals surface area contributed by atoms with Crippen LogP contribution in [0.4, 0.5) is 0 Å². The molecule has 0 bridgehead atoms. The number of likely N-dealkylation sites (tertiary alicyclic amines) is 1. The van der Waals surface area contributed by atoms with Crippen LogP contribution < -0.4 is 11.5 Å². The van der Waals surface area contributed by atoms with E-state index >= 15 is 0 Å². The zero-order valence-corrected chi connectivity index (χ0v) is 17.9. The highest BCUT2D eigenvalue weighted by Crippen LogP contribution is 2.36. The van der Waals surface area contributed by atoms with E-state index in [2.05, 4.69) is 29.2 Å². The summed E-state index contributed by atoms with van der Waals surface area (Å²) in [5.74, 6) is 0.138. The van der Waals surface area contributed by atoms with Crippen molar-refractivity contribution >= 4 is 5.96 Å². The minimum atomic E-state index is -0.319. The van der Waals surface area contributed by atoms with Crippen LogP contribution in [0.15, 0.2) is 47.3 Å². The third-order valence-corrected chi connectivity index (χ3v) is 6.59. The molecule has 30 heavy (non-hydrogen) atoms. The van der Waals surface area contributed by atoms with E-state index in [1.807, 2.05) is 17.9 Å². The van der Waals surface area contributed by atoms with Gasteiger partial charge in [-0.05, 0) is 56.0 Å². The monoisotopic (exact) mass is 410 g/mol. The molecule has 0 aromatic carbocycles. The maximum atomic E-state index is 9.87. The Kier molecular flexibility index (Phi) is 7.22. The van der Waals surface area contributed by atoms with Crippen molar-refractivity contribution in [2.75, 3.05) is 32.8 Å². The van der Waals surface area contributed by atoms with Gasteiger partial charge >= 0.3 is 0 Å². The zero-order valence-electron chi connectivity index (χ0n) is 17.9. The molecular formula is C23H34N6O. The van der Waals surface area contributed by atoms with Gasteiger partial charge in [-0.3, -0.25) is 5.41 Å². The molecule has 2 aliphatic heterocycles. The van der Waals surface area contributed by atoms with Gasteiger partial charge in [0.25, 0.3) is 0 Å². The van der Waals surface area contributed by atoms with E-state index in [0.717, 1.165) is 64.0 Å². The Labute approximate surface area is 179 Å². The molecule has 0 spiro atoms. The molecule has 1 fully saturated rings. The van der Waals surface area contributed by atoms with Gasteiger partial charge in [0.05, 0.1) is 17.6 Å². The van der Waals surface area contributed by atoms with Crippen LogP contribution in [-0.4, -0.2) is 54.6 Å². The second-order valence-corrected chi connectivity index (χ2v) is 8.36. The maximum Gasteiger partial charge on any atom is 0.188 e. The minimum Gasteiger partial charge on any atom is -0.405 e. The molecule has 2 heterocycles. The fourth-order valence-electron chi connectivity index (χ4n) is 4.59. The molecule has 1 saturated heterocycles. The number of nitrogens with one attached hydrogen (secondary N) is 1. The number of hydrogen-bond donors (Lipinski definition) is 3. The molecule has 1 aliphatic carbocycles. The summed E-state index contributed by atoms with van der Waals surface area (Å²) in [6, 6.07) is 2.59. The van der Waals surface area contributed by atoms with Gasteiger partial charge in [-0.1, -0.05) is 18.2 Å². The van der Waals surface area contributed by atoms with Crippen LogP contribution in [0.5, 0.6) is 0 Å². The normalized spacial score (nSPS) is 24.1. The lowest BCUT2D eigenvalue weighted by molar-refractivity contribution is 0.0513. The average Bonchev–Trinajstić information content (AvgIpc) is 2.77. The van der Waals surface area contributed by atoms with Gasteiger partial charge in [-0.15, -0.1) is 0 Å². The summed E-state index contributed by atoms with van der Waals surface area (Å²) in [6.45, 7) is 5.84. The summed E-state index contributed by atoms with van der Waals surface area (Å²) >= 11 is 0. The number of nitrogens with two attached hydrogens (primary N) is 2. The number of nitrogens with zero attached hydrogens (tertiary/aromatic N) is 3.